The van der Waals surface area contributed by atoms with Gasteiger partial charge in [-0.15, -0.1) is 0 Å². The van der Waals surface area contributed by atoms with Gasteiger partial charge >= 0.3 is 0 Å². The highest BCUT2D eigenvalue weighted by molar-refractivity contribution is 8.77. The maximum absolute atomic E-state index is 5.93. The van der Waals surface area contributed by atoms with E-state index in [1.807, 2.05) is 60.7 Å². The Bertz CT molecular complexity index is 935. The second kappa shape index (κ2) is 10.5. The van der Waals surface area contributed by atoms with Crippen molar-refractivity contribution in [3.63, 3.8) is 0 Å². The van der Waals surface area contributed by atoms with Crippen LogP contribution in [0.5, 0.6) is 11.5 Å². The van der Waals surface area contributed by atoms with Crippen molar-refractivity contribution in [2.45, 2.75) is 20.1 Å². The molecule has 144 valence electrons. The van der Waals surface area contributed by atoms with Gasteiger partial charge in [0.1, 0.15) is 11.5 Å². The predicted octanol–water partition coefficient (Wildman–Crippen LogP) is 6.66. The molecule has 0 aliphatic rings. The van der Waals surface area contributed by atoms with Crippen molar-refractivity contribution in [2.24, 2.45) is 0 Å². The molecule has 0 N–H and O–H groups in total. The lowest BCUT2D eigenvalue weighted by atomic mass is 10.3. The van der Waals surface area contributed by atoms with Crippen LogP contribution < -0.4 is 4.74 Å². The Morgan fingerprint density at radius 3 is 1.24 bits per heavy atom. The largest absolute Gasteiger partial charge is 0.457 e. The molecular weight excluding hydrogens is 441 g/mol. The Labute approximate surface area is 184 Å². The number of ether oxygens (including phenoxy) is 1. The van der Waals surface area contributed by atoms with Crippen LogP contribution in [0.15, 0.2) is 106 Å². The van der Waals surface area contributed by atoms with Gasteiger partial charge in [-0.05, 0) is 104 Å². The third kappa shape index (κ3) is 6.40. The minimum absolute atomic E-state index is 0.743. The lowest BCUT2D eigenvalue weighted by molar-refractivity contribution is 0.482. The zero-order valence-electron chi connectivity index (χ0n) is 14.9. The maximum Gasteiger partial charge on any atom is 0.198 e. The molecule has 2 aromatic heterocycles. The van der Waals surface area contributed by atoms with Crippen molar-refractivity contribution in [3.8, 4) is 11.5 Å². The summed E-state index contributed by atoms with van der Waals surface area (Å²) in [4.78, 5) is 19.0. The van der Waals surface area contributed by atoms with E-state index >= 15 is 0 Å². The Balaban J connectivity index is 1.28. The monoisotopic (exact) mass is 454 g/mol. The topological polar surface area (TPSA) is 60.8 Å². The number of hydrogen-bond acceptors (Lipinski definition) is 9. The predicted molar refractivity (Wildman–Crippen MR) is 120 cm³/mol. The van der Waals surface area contributed by atoms with Gasteiger partial charge < -0.3 is 4.74 Å². The normalized spacial score (nSPS) is 10.6. The van der Waals surface area contributed by atoms with Crippen LogP contribution in [-0.2, 0) is 0 Å². The molecule has 5 nitrogen and oxygen atoms in total. The summed E-state index contributed by atoms with van der Waals surface area (Å²) in [7, 11) is 6.29. The van der Waals surface area contributed by atoms with Crippen LogP contribution in [0.1, 0.15) is 0 Å². The summed E-state index contributed by atoms with van der Waals surface area (Å²) in [5.41, 5.74) is 0. The first-order chi connectivity index (χ1) is 14.3. The molecule has 0 bridgehead atoms. The van der Waals surface area contributed by atoms with Crippen LogP contribution in [0.4, 0.5) is 0 Å². The third-order valence-corrected chi connectivity index (χ3v) is 7.76. The molecule has 4 aromatic rings. The quantitative estimate of drug-likeness (QED) is 0.215. The number of aromatic nitrogens is 4. The minimum atomic E-state index is 0.743. The summed E-state index contributed by atoms with van der Waals surface area (Å²) in [6.45, 7) is 0. The molecule has 0 fully saturated rings. The van der Waals surface area contributed by atoms with Crippen LogP contribution in [0, 0.1) is 0 Å². The number of nitrogens with zero attached hydrogens (tertiary/aromatic N) is 4. The number of rotatable bonds is 8. The minimum Gasteiger partial charge on any atom is -0.457 e. The summed E-state index contributed by atoms with van der Waals surface area (Å²) in [6.07, 6.45) is 6.96. The van der Waals surface area contributed by atoms with Gasteiger partial charge in [-0.2, -0.15) is 0 Å². The van der Waals surface area contributed by atoms with Gasteiger partial charge in [-0.25, -0.2) is 19.9 Å². The lowest BCUT2D eigenvalue weighted by Gasteiger charge is -2.07. The number of benzene rings is 2. The molecule has 4 rings (SSSR count). The fraction of sp³-hybridized carbons (Fsp3) is 0. The average Bonchev–Trinajstić information content (AvgIpc) is 2.80. The second-order valence-electron chi connectivity index (χ2n) is 5.44. The summed E-state index contributed by atoms with van der Waals surface area (Å²) >= 11 is 0. The van der Waals surface area contributed by atoms with Gasteiger partial charge in [0, 0.05) is 34.6 Å². The van der Waals surface area contributed by atoms with Crippen LogP contribution in [0.3, 0.4) is 0 Å². The van der Waals surface area contributed by atoms with E-state index in [2.05, 4.69) is 19.9 Å². The molecule has 0 spiro atoms. The summed E-state index contributed by atoms with van der Waals surface area (Å²) in [6, 6.07) is 19.5. The summed E-state index contributed by atoms with van der Waals surface area (Å²) in [5, 5.41) is 1.49. The SMILES string of the molecule is c1cnc(SSc2ccc(Oc3ccc(SSc4ncccn4)cc3)cc2)nc1. The van der Waals surface area contributed by atoms with Crippen LogP contribution in [0.25, 0.3) is 0 Å². The Kier molecular flexibility index (Phi) is 7.30. The molecule has 2 heterocycles. The van der Waals surface area contributed by atoms with Gasteiger partial charge in [0.05, 0.1) is 0 Å². The highest BCUT2D eigenvalue weighted by Gasteiger charge is 2.03. The molecule has 0 atom stereocenters. The Morgan fingerprint density at radius 2 is 0.862 bits per heavy atom. The van der Waals surface area contributed by atoms with E-state index in [0.29, 0.717) is 0 Å². The van der Waals surface area contributed by atoms with E-state index in [-0.39, 0.29) is 0 Å². The first kappa shape index (κ1) is 20.1. The number of hydrogen-bond donors (Lipinski definition) is 0. The zero-order valence-corrected chi connectivity index (χ0v) is 18.2. The highest BCUT2D eigenvalue weighted by atomic mass is 33.1. The molecule has 0 saturated carbocycles. The van der Waals surface area contributed by atoms with Crippen molar-refractivity contribution >= 4 is 43.2 Å². The lowest BCUT2D eigenvalue weighted by Crippen LogP contribution is -1.84. The van der Waals surface area contributed by atoms with Gasteiger partial charge in [0.15, 0.2) is 10.3 Å². The molecule has 0 aliphatic heterocycles. The molecule has 0 radical (unpaired) electrons. The third-order valence-electron chi connectivity index (χ3n) is 3.39. The standard InChI is InChI=1S/C20H14N4OS4/c1-11-21-19(22-12-1)28-26-17-7-3-15(4-8-17)25-16-5-9-18(10-6-16)27-29-20-23-13-2-14-24-20/h1-14H. The molecule has 29 heavy (non-hydrogen) atoms. The average molecular weight is 455 g/mol. The van der Waals surface area contributed by atoms with Crippen molar-refractivity contribution in [1.29, 1.82) is 0 Å². The van der Waals surface area contributed by atoms with Crippen LogP contribution >= 0.6 is 43.2 Å². The zero-order chi connectivity index (χ0) is 19.7. The summed E-state index contributed by atoms with van der Waals surface area (Å²) in [5.74, 6) is 1.59. The van der Waals surface area contributed by atoms with Gasteiger partial charge in [0.25, 0.3) is 0 Å². The van der Waals surface area contributed by atoms with Crippen molar-refractivity contribution in [2.75, 3.05) is 0 Å². The fourth-order valence-electron chi connectivity index (χ4n) is 2.09. The maximum atomic E-state index is 5.93. The fourth-order valence-corrected chi connectivity index (χ4v) is 5.55. The molecule has 9 heteroatoms. The first-order valence-corrected chi connectivity index (χ1v) is 12.8. The molecule has 0 unspecified atom stereocenters. The Morgan fingerprint density at radius 1 is 0.483 bits per heavy atom. The Hall–Kier alpha value is -2.20. The summed E-state index contributed by atoms with van der Waals surface area (Å²) < 4.78 is 5.93. The van der Waals surface area contributed by atoms with Gasteiger partial charge in [0.2, 0.25) is 0 Å². The molecule has 0 amide bonds. The molecular formula is C20H14N4OS4. The molecule has 0 aliphatic carbocycles. The van der Waals surface area contributed by atoms with Crippen molar-refractivity contribution < 1.29 is 4.74 Å². The second-order valence-corrected chi connectivity index (χ2v) is 9.78. The van der Waals surface area contributed by atoms with E-state index in [0.717, 1.165) is 31.6 Å². The van der Waals surface area contributed by atoms with E-state index in [9.17, 15) is 0 Å². The smallest absolute Gasteiger partial charge is 0.198 e. The van der Waals surface area contributed by atoms with Crippen LogP contribution in [-0.4, -0.2) is 19.9 Å². The molecule has 2 aromatic carbocycles. The van der Waals surface area contributed by atoms with E-state index in [1.165, 1.54) is 21.6 Å². The van der Waals surface area contributed by atoms with E-state index in [1.54, 1.807) is 46.4 Å². The van der Waals surface area contributed by atoms with E-state index in [4.69, 9.17) is 4.74 Å². The van der Waals surface area contributed by atoms with Crippen molar-refractivity contribution in [1.82, 2.24) is 19.9 Å². The van der Waals surface area contributed by atoms with Crippen molar-refractivity contribution in [3.05, 3.63) is 85.5 Å². The van der Waals surface area contributed by atoms with Crippen LogP contribution in [0.2, 0.25) is 0 Å². The van der Waals surface area contributed by atoms with Gasteiger partial charge in [-0.1, -0.05) is 0 Å². The first-order valence-electron chi connectivity index (χ1n) is 8.46. The molecule has 0 saturated heterocycles. The highest BCUT2D eigenvalue weighted by Crippen LogP contribution is 2.37. The van der Waals surface area contributed by atoms with E-state index < -0.39 is 0 Å². The van der Waals surface area contributed by atoms with Gasteiger partial charge in [-0.3, -0.25) is 0 Å².